The van der Waals surface area contributed by atoms with Crippen LogP contribution in [0.1, 0.15) is 49.7 Å². The molecule has 3 nitrogen and oxygen atoms in total. The van der Waals surface area contributed by atoms with Gasteiger partial charge in [0, 0.05) is 19.6 Å². The van der Waals surface area contributed by atoms with Crippen molar-refractivity contribution in [3.05, 3.63) is 71.5 Å². The van der Waals surface area contributed by atoms with Crippen LogP contribution in [0.25, 0.3) is 0 Å². The smallest absolute Gasteiger partial charge is 0.123 e. The maximum Gasteiger partial charge on any atom is 0.123 e. The molecule has 1 atom stereocenters. The summed E-state index contributed by atoms with van der Waals surface area (Å²) in [6.07, 6.45) is 6.67. The van der Waals surface area contributed by atoms with Crippen molar-refractivity contribution in [3.8, 4) is 0 Å². The SMILES string of the molecule is O[C@@](COC1CCN(Cc2ccc(F)cc2)CC1)(c1ccccc1)C1CCCC1. The van der Waals surface area contributed by atoms with E-state index in [0.29, 0.717) is 6.61 Å². The van der Waals surface area contributed by atoms with Crippen LogP contribution in [-0.4, -0.2) is 35.8 Å². The number of hydrogen-bond donors (Lipinski definition) is 1. The molecule has 2 aliphatic rings. The van der Waals surface area contributed by atoms with Gasteiger partial charge in [0.25, 0.3) is 0 Å². The molecule has 0 unspecified atom stereocenters. The van der Waals surface area contributed by atoms with Crippen molar-refractivity contribution >= 4 is 0 Å². The van der Waals surface area contributed by atoms with Gasteiger partial charge < -0.3 is 9.84 Å². The molecule has 0 spiro atoms. The summed E-state index contributed by atoms with van der Waals surface area (Å²) >= 11 is 0. The highest BCUT2D eigenvalue weighted by molar-refractivity contribution is 5.24. The van der Waals surface area contributed by atoms with Gasteiger partial charge in [-0.15, -0.1) is 0 Å². The Morgan fingerprint density at radius 3 is 2.24 bits per heavy atom. The Hall–Kier alpha value is -1.75. The predicted molar refractivity (Wildman–Crippen MR) is 113 cm³/mol. The highest BCUT2D eigenvalue weighted by atomic mass is 19.1. The van der Waals surface area contributed by atoms with Crippen molar-refractivity contribution in [1.82, 2.24) is 4.90 Å². The van der Waals surface area contributed by atoms with Gasteiger partial charge in [-0.05, 0) is 54.9 Å². The van der Waals surface area contributed by atoms with Gasteiger partial charge in [-0.3, -0.25) is 4.90 Å². The minimum atomic E-state index is -0.886. The van der Waals surface area contributed by atoms with Crippen LogP contribution in [0.4, 0.5) is 4.39 Å². The number of aliphatic hydroxyl groups is 1. The number of piperidine rings is 1. The van der Waals surface area contributed by atoms with Crippen LogP contribution in [0.15, 0.2) is 54.6 Å². The Labute approximate surface area is 173 Å². The number of likely N-dealkylation sites (tertiary alicyclic amines) is 1. The zero-order valence-corrected chi connectivity index (χ0v) is 17.1. The minimum Gasteiger partial charge on any atom is -0.382 e. The first-order valence-corrected chi connectivity index (χ1v) is 11.0. The van der Waals surface area contributed by atoms with E-state index in [2.05, 4.69) is 4.90 Å². The first-order chi connectivity index (χ1) is 14.1. The Morgan fingerprint density at radius 1 is 0.931 bits per heavy atom. The van der Waals surface area contributed by atoms with Gasteiger partial charge in [0.15, 0.2) is 0 Å². The van der Waals surface area contributed by atoms with Gasteiger partial charge in [0.1, 0.15) is 11.4 Å². The molecule has 1 heterocycles. The fourth-order valence-electron chi connectivity index (χ4n) is 4.89. The molecule has 1 N–H and O–H groups in total. The van der Waals surface area contributed by atoms with Crippen molar-refractivity contribution in [1.29, 1.82) is 0 Å². The predicted octanol–water partition coefficient (Wildman–Crippen LogP) is 4.88. The zero-order chi connectivity index (χ0) is 20.1. The fourth-order valence-corrected chi connectivity index (χ4v) is 4.89. The van der Waals surface area contributed by atoms with E-state index in [1.165, 1.54) is 25.0 Å². The lowest BCUT2D eigenvalue weighted by Crippen LogP contribution is -2.42. The molecule has 1 saturated heterocycles. The first kappa shape index (κ1) is 20.5. The van der Waals surface area contributed by atoms with E-state index in [-0.39, 0.29) is 17.8 Å². The van der Waals surface area contributed by atoms with Gasteiger partial charge in [-0.2, -0.15) is 0 Å². The van der Waals surface area contributed by atoms with Crippen LogP contribution in [0.3, 0.4) is 0 Å². The lowest BCUT2D eigenvalue weighted by atomic mass is 9.80. The van der Waals surface area contributed by atoms with Gasteiger partial charge in [-0.25, -0.2) is 4.39 Å². The molecule has 4 rings (SSSR count). The van der Waals surface area contributed by atoms with Crippen LogP contribution >= 0.6 is 0 Å². The topological polar surface area (TPSA) is 32.7 Å². The molecule has 0 aromatic heterocycles. The van der Waals surface area contributed by atoms with E-state index < -0.39 is 5.60 Å². The molecule has 1 aliphatic heterocycles. The van der Waals surface area contributed by atoms with E-state index >= 15 is 0 Å². The van der Waals surface area contributed by atoms with Crippen molar-refractivity contribution in [2.24, 2.45) is 5.92 Å². The number of hydrogen-bond acceptors (Lipinski definition) is 3. The molecule has 156 valence electrons. The number of ether oxygens (including phenoxy) is 1. The van der Waals surface area contributed by atoms with Crippen LogP contribution < -0.4 is 0 Å². The summed E-state index contributed by atoms with van der Waals surface area (Å²) in [7, 11) is 0. The number of nitrogens with zero attached hydrogens (tertiary/aromatic N) is 1. The van der Waals surface area contributed by atoms with Crippen LogP contribution in [0.2, 0.25) is 0 Å². The summed E-state index contributed by atoms with van der Waals surface area (Å²) in [6.45, 7) is 3.16. The molecule has 29 heavy (non-hydrogen) atoms. The molecule has 2 aromatic carbocycles. The lowest BCUT2D eigenvalue weighted by Gasteiger charge is -2.38. The Balaban J connectivity index is 1.31. The third kappa shape index (κ3) is 5.06. The molecule has 1 aliphatic carbocycles. The Bertz CT molecular complexity index is 752. The molecule has 0 bridgehead atoms. The van der Waals surface area contributed by atoms with E-state index in [1.54, 1.807) is 0 Å². The second kappa shape index (κ2) is 9.38. The molecular weight excluding hydrogens is 365 g/mol. The second-order valence-corrected chi connectivity index (χ2v) is 8.68. The third-order valence-corrected chi connectivity index (χ3v) is 6.70. The summed E-state index contributed by atoms with van der Waals surface area (Å²) in [5, 5.41) is 11.6. The largest absolute Gasteiger partial charge is 0.382 e. The summed E-state index contributed by atoms with van der Waals surface area (Å²) in [5.74, 6) is 0.0949. The Kier molecular flexibility index (Phi) is 6.63. The average Bonchev–Trinajstić information content (AvgIpc) is 3.31. The number of benzene rings is 2. The highest BCUT2D eigenvalue weighted by Crippen LogP contribution is 2.41. The Morgan fingerprint density at radius 2 is 1.59 bits per heavy atom. The monoisotopic (exact) mass is 397 g/mol. The van der Waals surface area contributed by atoms with Crippen LogP contribution in [0.5, 0.6) is 0 Å². The van der Waals surface area contributed by atoms with Crippen molar-refractivity contribution in [2.45, 2.75) is 56.8 Å². The molecule has 1 saturated carbocycles. The third-order valence-electron chi connectivity index (χ3n) is 6.70. The maximum atomic E-state index is 13.1. The van der Waals surface area contributed by atoms with Gasteiger partial charge in [0.2, 0.25) is 0 Å². The lowest BCUT2D eigenvalue weighted by molar-refractivity contribution is -0.118. The van der Waals surface area contributed by atoms with Crippen molar-refractivity contribution in [3.63, 3.8) is 0 Å². The molecular formula is C25H32FNO2. The maximum absolute atomic E-state index is 13.1. The van der Waals surface area contributed by atoms with E-state index in [9.17, 15) is 9.50 Å². The normalized spacial score (nSPS) is 21.3. The second-order valence-electron chi connectivity index (χ2n) is 8.68. The number of halogens is 1. The van der Waals surface area contributed by atoms with Gasteiger partial charge in [-0.1, -0.05) is 55.3 Å². The quantitative estimate of drug-likeness (QED) is 0.722. The van der Waals surface area contributed by atoms with Crippen LogP contribution in [-0.2, 0) is 16.9 Å². The van der Waals surface area contributed by atoms with Crippen molar-refractivity contribution in [2.75, 3.05) is 19.7 Å². The zero-order valence-electron chi connectivity index (χ0n) is 17.1. The summed E-state index contributed by atoms with van der Waals surface area (Å²) in [5.41, 5.74) is 1.24. The molecule has 4 heteroatoms. The van der Waals surface area contributed by atoms with Crippen molar-refractivity contribution < 1.29 is 14.2 Å². The van der Waals surface area contributed by atoms with E-state index in [1.807, 2.05) is 42.5 Å². The average molecular weight is 398 g/mol. The summed E-state index contributed by atoms with van der Waals surface area (Å²) < 4.78 is 19.4. The number of rotatable bonds is 7. The molecule has 0 radical (unpaired) electrons. The highest BCUT2D eigenvalue weighted by Gasteiger charge is 2.40. The van der Waals surface area contributed by atoms with Crippen LogP contribution in [0, 0.1) is 11.7 Å². The van der Waals surface area contributed by atoms with Gasteiger partial charge >= 0.3 is 0 Å². The molecule has 0 amide bonds. The summed E-state index contributed by atoms with van der Waals surface area (Å²) in [6, 6.07) is 16.8. The van der Waals surface area contributed by atoms with E-state index in [4.69, 9.17) is 4.74 Å². The standard InChI is InChI=1S/C25H32FNO2/c26-23-12-10-20(11-13-23)18-27-16-14-24(15-17-27)29-19-25(28,22-8-4-5-9-22)21-6-2-1-3-7-21/h1-3,6-7,10-13,22,24,28H,4-5,8-9,14-19H2/t25-/m0/s1. The first-order valence-electron chi connectivity index (χ1n) is 11.0. The molecule has 2 aromatic rings. The minimum absolute atomic E-state index is 0.186. The summed E-state index contributed by atoms with van der Waals surface area (Å²) in [4.78, 5) is 2.40. The molecule has 2 fully saturated rings. The van der Waals surface area contributed by atoms with E-state index in [0.717, 1.165) is 56.4 Å². The fraction of sp³-hybridized carbons (Fsp3) is 0.520. The van der Waals surface area contributed by atoms with Gasteiger partial charge in [0.05, 0.1) is 12.7 Å².